The largest absolute Gasteiger partial charge is 0.493 e. The summed E-state index contributed by atoms with van der Waals surface area (Å²) in [5.74, 6) is 2.92. The molecule has 0 spiro atoms. The standard InChI is InChI=1S/C28H24O7/c1-30-21-11-9-16(13-24(21)32-3)19-15-23(17-10-12-22(31-2)25(14-17)33-4)34-27-18-7-5-6-8-20(18)35-28(29)26(19)27/h5-15,19H,1-4H3/t19-/m1/s1. The van der Waals surface area contributed by atoms with Crippen molar-refractivity contribution in [2.24, 2.45) is 0 Å². The highest BCUT2D eigenvalue weighted by atomic mass is 16.5. The Bertz CT molecular complexity index is 1500. The summed E-state index contributed by atoms with van der Waals surface area (Å²) in [5, 5.41) is 0.707. The molecule has 2 heterocycles. The molecular formula is C28H24O7. The topological polar surface area (TPSA) is 76.4 Å². The summed E-state index contributed by atoms with van der Waals surface area (Å²) in [6.45, 7) is 0. The van der Waals surface area contributed by atoms with E-state index in [1.54, 1.807) is 34.5 Å². The van der Waals surface area contributed by atoms with Gasteiger partial charge in [-0.3, -0.25) is 0 Å². The van der Waals surface area contributed by atoms with Crippen LogP contribution in [0.5, 0.6) is 28.7 Å². The summed E-state index contributed by atoms with van der Waals surface area (Å²) in [4.78, 5) is 13.2. The lowest BCUT2D eigenvalue weighted by molar-refractivity contribution is 0.354. The van der Waals surface area contributed by atoms with Gasteiger partial charge in [0.25, 0.3) is 0 Å². The summed E-state index contributed by atoms with van der Waals surface area (Å²) < 4.78 is 33.8. The molecule has 0 saturated carbocycles. The van der Waals surface area contributed by atoms with E-state index in [4.69, 9.17) is 28.1 Å². The fourth-order valence-corrected chi connectivity index (χ4v) is 4.35. The van der Waals surface area contributed by atoms with Gasteiger partial charge in [-0.1, -0.05) is 18.2 Å². The Morgan fingerprint density at radius 1 is 0.743 bits per heavy atom. The number of hydrogen-bond donors (Lipinski definition) is 0. The molecule has 1 aliphatic rings. The molecule has 0 saturated heterocycles. The van der Waals surface area contributed by atoms with Gasteiger partial charge in [-0.15, -0.1) is 0 Å². The van der Waals surface area contributed by atoms with Crippen molar-refractivity contribution in [2.75, 3.05) is 28.4 Å². The van der Waals surface area contributed by atoms with Crippen LogP contribution in [0.25, 0.3) is 16.7 Å². The third-order valence-electron chi connectivity index (χ3n) is 6.07. The van der Waals surface area contributed by atoms with Gasteiger partial charge in [-0.2, -0.15) is 0 Å². The molecule has 1 aromatic heterocycles. The van der Waals surface area contributed by atoms with Gasteiger partial charge >= 0.3 is 5.63 Å². The molecule has 5 rings (SSSR count). The summed E-state index contributed by atoms with van der Waals surface area (Å²) >= 11 is 0. The summed E-state index contributed by atoms with van der Waals surface area (Å²) in [6, 6.07) is 18.4. The van der Waals surface area contributed by atoms with Crippen LogP contribution in [-0.4, -0.2) is 28.4 Å². The average Bonchev–Trinajstić information content (AvgIpc) is 2.91. The maximum atomic E-state index is 13.2. The van der Waals surface area contributed by atoms with E-state index in [0.29, 0.717) is 51.0 Å². The van der Waals surface area contributed by atoms with E-state index in [-0.39, 0.29) is 0 Å². The third kappa shape index (κ3) is 3.85. The molecular weight excluding hydrogens is 448 g/mol. The average molecular weight is 472 g/mol. The van der Waals surface area contributed by atoms with Gasteiger partial charge in [0.2, 0.25) is 0 Å². The Morgan fingerprint density at radius 3 is 2.11 bits per heavy atom. The predicted molar refractivity (Wildman–Crippen MR) is 132 cm³/mol. The SMILES string of the molecule is COc1ccc(C2=C[C@H](c3ccc(OC)c(OC)c3)c3c(c4ccccc4oc3=O)O2)cc1OC. The van der Waals surface area contributed by atoms with Gasteiger partial charge in [-0.25, -0.2) is 4.79 Å². The first-order chi connectivity index (χ1) is 17.1. The van der Waals surface area contributed by atoms with Crippen LogP contribution in [0.3, 0.4) is 0 Å². The molecule has 0 fully saturated rings. The number of ether oxygens (including phenoxy) is 5. The molecule has 7 nitrogen and oxygen atoms in total. The van der Waals surface area contributed by atoms with Crippen LogP contribution in [0, 0.1) is 0 Å². The zero-order valence-electron chi connectivity index (χ0n) is 19.8. The molecule has 0 N–H and O–H groups in total. The van der Waals surface area contributed by atoms with Crippen molar-refractivity contribution >= 4 is 16.7 Å². The molecule has 178 valence electrons. The van der Waals surface area contributed by atoms with Crippen LogP contribution in [-0.2, 0) is 0 Å². The normalized spacial score (nSPS) is 14.5. The monoisotopic (exact) mass is 472 g/mol. The molecule has 0 radical (unpaired) electrons. The highest BCUT2D eigenvalue weighted by Crippen LogP contribution is 2.45. The molecule has 3 aromatic carbocycles. The number of hydrogen-bond acceptors (Lipinski definition) is 7. The van der Waals surface area contributed by atoms with Crippen molar-refractivity contribution in [1.29, 1.82) is 0 Å². The molecule has 1 atom stereocenters. The molecule has 4 aromatic rings. The van der Waals surface area contributed by atoms with Crippen LogP contribution < -0.4 is 29.3 Å². The van der Waals surface area contributed by atoms with E-state index >= 15 is 0 Å². The number of rotatable bonds is 6. The number of para-hydroxylation sites is 1. The highest BCUT2D eigenvalue weighted by Gasteiger charge is 2.31. The molecule has 35 heavy (non-hydrogen) atoms. The lowest BCUT2D eigenvalue weighted by atomic mass is 9.87. The number of fused-ring (bicyclic) bond motifs is 3. The van der Waals surface area contributed by atoms with E-state index in [0.717, 1.165) is 11.1 Å². The molecule has 0 aliphatic carbocycles. The zero-order valence-corrected chi connectivity index (χ0v) is 19.8. The van der Waals surface area contributed by atoms with Crippen molar-refractivity contribution in [3.05, 3.63) is 93.9 Å². The quantitative estimate of drug-likeness (QED) is 0.348. The molecule has 7 heteroatoms. The van der Waals surface area contributed by atoms with E-state index in [2.05, 4.69) is 0 Å². The predicted octanol–water partition coefficient (Wildman–Crippen LogP) is 5.39. The first-order valence-electron chi connectivity index (χ1n) is 11.0. The van der Waals surface area contributed by atoms with Gasteiger partial charge in [0.05, 0.1) is 39.4 Å². The number of benzene rings is 3. The van der Waals surface area contributed by atoms with Crippen LogP contribution in [0.1, 0.15) is 22.6 Å². The summed E-state index contributed by atoms with van der Waals surface area (Å²) in [5.41, 5.74) is 2.01. The maximum Gasteiger partial charge on any atom is 0.344 e. The minimum Gasteiger partial charge on any atom is -0.493 e. The van der Waals surface area contributed by atoms with Crippen molar-refractivity contribution in [1.82, 2.24) is 0 Å². The van der Waals surface area contributed by atoms with Crippen LogP contribution in [0.2, 0.25) is 0 Å². The zero-order chi connectivity index (χ0) is 24.5. The smallest absolute Gasteiger partial charge is 0.344 e. The summed E-state index contributed by atoms with van der Waals surface area (Å²) in [6.07, 6.45) is 1.90. The molecule has 1 aliphatic heterocycles. The molecule has 0 amide bonds. The van der Waals surface area contributed by atoms with Crippen LogP contribution in [0.4, 0.5) is 0 Å². The van der Waals surface area contributed by atoms with Crippen molar-refractivity contribution in [2.45, 2.75) is 5.92 Å². The van der Waals surface area contributed by atoms with Crippen LogP contribution in [0.15, 0.2) is 76.0 Å². The molecule has 0 unspecified atom stereocenters. The molecule has 0 bridgehead atoms. The van der Waals surface area contributed by atoms with E-state index in [9.17, 15) is 4.79 Å². The fourth-order valence-electron chi connectivity index (χ4n) is 4.35. The minimum absolute atomic E-state index is 0.417. The Morgan fingerprint density at radius 2 is 1.40 bits per heavy atom. The first-order valence-corrected chi connectivity index (χ1v) is 11.0. The minimum atomic E-state index is -0.457. The van der Waals surface area contributed by atoms with E-state index < -0.39 is 11.5 Å². The Balaban J connectivity index is 1.75. The van der Waals surface area contributed by atoms with Gasteiger partial charge < -0.3 is 28.1 Å². The third-order valence-corrected chi connectivity index (χ3v) is 6.07. The van der Waals surface area contributed by atoms with Crippen molar-refractivity contribution < 1.29 is 28.1 Å². The first kappa shape index (κ1) is 22.4. The second kappa shape index (κ2) is 9.10. The van der Waals surface area contributed by atoms with Crippen molar-refractivity contribution in [3.63, 3.8) is 0 Å². The Hall–Kier alpha value is -4.39. The fraction of sp³-hybridized carbons (Fsp3) is 0.179. The second-order valence-electron chi connectivity index (χ2n) is 7.92. The Labute approximate surface area is 202 Å². The van der Waals surface area contributed by atoms with Crippen molar-refractivity contribution in [3.8, 4) is 28.7 Å². The van der Waals surface area contributed by atoms with E-state index in [1.807, 2.05) is 60.7 Å². The Kier molecular flexibility index (Phi) is 5.82. The lowest BCUT2D eigenvalue weighted by Gasteiger charge is -2.26. The maximum absolute atomic E-state index is 13.2. The van der Waals surface area contributed by atoms with Crippen LogP contribution >= 0.6 is 0 Å². The van der Waals surface area contributed by atoms with E-state index in [1.165, 1.54) is 0 Å². The van der Waals surface area contributed by atoms with Gasteiger partial charge in [-0.05, 0) is 54.1 Å². The highest BCUT2D eigenvalue weighted by molar-refractivity contribution is 5.87. The number of allylic oxidation sites excluding steroid dienone is 1. The van der Waals surface area contributed by atoms with Gasteiger partial charge in [0, 0.05) is 11.5 Å². The second-order valence-corrected chi connectivity index (χ2v) is 7.92. The lowest BCUT2D eigenvalue weighted by Crippen LogP contribution is -2.19. The van der Waals surface area contributed by atoms with Gasteiger partial charge in [0.15, 0.2) is 23.0 Å². The number of methoxy groups -OCH3 is 4. The summed E-state index contributed by atoms with van der Waals surface area (Å²) in [7, 11) is 6.32. The van der Waals surface area contributed by atoms with Gasteiger partial charge in [0.1, 0.15) is 17.1 Å².